The first-order valence-corrected chi connectivity index (χ1v) is 7.54. The van der Waals surface area contributed by atoms with Crippen LogP contribution >= 0.6 is 0 Å². The molecule has 2 N–H and O–H groups in total. The molecule has 1 aromatic carbocycles. The number of aliphatic carboxylic acids is 1. The first-order valence-electron chi connectivity index (χ1n) is 7.54. The summed E-state index contributed by atoms with van der Waals surface area (Å²) in [7, 11) is 3.11. The van der Waals surface area contributed by atoms with Crippen LogP contribution in [0.2, 0.25) is 0 Å². The second-order valence-corrected chi connectivity index (χ2v) is 5.86. The molecule has 0 fully saturated rings. The maximum Gasteiger partial charge on any atom is 0.326 e. The summed E-state index contributed by atoms with van der Waals surface area (Å²) in [6, 6.07) is 4.59. The first-order chi connectivity index (χ1) is 10.8. The number of carbonyl (C=O) groups is 2. The average Bonchev–Trinajstić information content (AvgIpc) is 2.51. The average molecular weight is 323 g/mol. The summed E-state index contributed by atoms with van der Waals surface area (Å²) in [5, 5.41) is 11.7. The molecule has 6 heteroatoms. The van der Waals surface area contributed by atoms with Crippen LogP contribution in [0.3, 0.4) is 0 Å². The van der Waals surface area contributed by atoms with Crippen LogP contribution in [0.1, 0.15) is 26.3 Å². The lowest BCUT2D eigenvalue weighted by Crippen LogP contribution is -2.46. The molecule has 1 amide bonds. The Morgan fingerprint density at radius 2 is 1.74 bits per heavy atom. The molecule has 23 heavy (non-hydrogen) atoms. The van der Waals surface area contributed by atoms with Crippen molar-refractivity contribution in [3.05, 3.63) is 23.8 Å². The zero-order chi connectivity index (χ0) is 17.6. The molecule has 6 nitrogen and oxygen atoms in total. The maximum atomic E-state index is 12.2. The third-order valence-electron chi connectivity index (χ3n) is 3.67. The van der Waals surface area contributed by atoms with E-state index >= 15 is 0 Å². The van der Waals surface area contributed by atoms with Gasteiger partial charge in [-0.15, -0.1) is 0 Å². The highest BCUT2D eigenvalue weighted by atomic mass is 16.5. The minimum Gasteiger partial charge on any atom is -0.493 e. The Hall–Kier alpha value is -2.24. The van der Waals surface area contributed by atoms with Gasteiger partial charge in [-0.05, 0) is 30.0 Å². The molecule has 1 unspecified atom stereocenters. The molecule has 1 rings (SSSR count). The van der Waals surface area contributed by atoms with Crippen molar-refractivity contribution >= 4 is 11.9 Å². The van der Waals surface area contributed by atoms with E-state index in [-0.39, 0.29) is 17.7 Å². The number of benzene rings is 1. The molecule has 0 aromatic heterocycles. The van der Waals surface area contributed by atoms with Crippen LogP contribution in [-0.4, -0.2) is 37.2 Å². The van der Waals surface area contributed by atoms with Crippen LogP contribution in [-0.2, 0) is 16.0 Å². The smallest absolute Gasteiger partial charge is 0.326 e. The number of hydrogen-bond donors (Lipinski definition) is 2. The second kappa shape index (κ2) is 8.41. The number of nitrogens with one attached hydrogen (secondary N) is 1. The molecule has 128 valence electrons. The predicted octanol–water partition coefficient (Wildman–Crippen LogP) is 2.11. The maximum absolute atomic E-state index is 12.2. The van der Waals surface area contributed by atoms with Crippen LogP contribution < -0.4 is 14.8 Å². The summed E-state index contributed by atoms with van der Waals surface area (Å²) in [5.41, 5.74) is 0.918. The van der Waals surface area contributed by atoms with Gasteiger partial charge in [0.25, 0.3) is 0 Å². The number of hydrogen-bond acceptors (Lipinski definition) is 4. The molecule has 0 radical (unpaired) electrons. The fraction of sp³-hybridized carbons (Fsp3) is 0.529. The zero-order valence-electron chi connectivity index (χ0n) is 14.3. The van der Waals surface area contributed by atoms with Gasteiger partial charge in [0.05, 0.1) is 14.2 Å². The van der Waals surface area contributed by atoms with Crippen molar-refractivity contribution in [1.82, 2.24) is 5.32 Å². The molecule has 0 heterocycles. The minimum atomic E-state index is -1.02. The highest BCUT2D eigenvalue weighted by molar-refractivity contribution is 5.85. The van der Waals surface area contributed by atoms with Gasteiger partial charge in [-0.1, -0.05) is 26.8 Å². The van der Waals surface area contributed by atoms with E-state index in [1.807, 2.05) is 12.1 Å². The highest BCUT2D eigenvalue weighted by Crippen LogP contribution is 2.28. The van der Waals surface area contributed by atoms with Crippen LogP contribution in [0.5, 0.6) is 11.5 Å². The molecule has 0 spiro atoms. The topological polar surface area (TPSA) is 84.9 Å². The standard InChI is InChI=1S/C17H25NO5/c1-10(2)15(17(20)21)18-16(19)11(3)8-12-6-7-13(22-4)14(9-12)23-5/h6-7,9-11,15H,8H2,1-5H3,(H,18,19)(H,20,21)/t11?,15-/m0/s1. The van der Waals surface area contributed by atoms with Crippen molar-refractivity contribution in [3.8, 4) is 11.5 Å². The number of methoxy groups -OCH3 is 2. The Kier molecular flexibility index (Phi) is 6.88. The zero-order valence-corrected chi connectivity index (χ0v) is 14.3. The third kappa shape index (κ3) is 5.16. The molecule has 0 aliphatic carbocycles. The normalized spacial score (nSPS) is 13.3. The van der Waals surface area contributed by atoms with Crippen molar-refractivity contribution in [2.24, 2.45) is 11.8 Å². The van der Waals surface area contributed by atoms with E-state index in [0.717, 1.165) is 5.56 Å². The van der Waals surface area contributed by atoms with Gasteiger partial charge < -0.3 is 19.9 Å². The van der Waals surface area contributed by atoms with Crippen LogP contribution in [0.15, 0.2) is 18.2 Å². The van der Waals surface area contributed by atoms with E-state index in [9.17, 15) is 9.59 Å². The lowest BCUT2D eigenvalue weighted by atomic mass is 9.98. The van der Waals surface area contributed by atoms with Crippen LogP contribution in [0, 0.1) is 11.8 Å². The summed E-state index contributed by atoms with van der Waals surface area (Å²) < 4.78 is 10.4. The number of amides is 1. The summed E-state index contributed by atoms with van der Waals surface area (Å²) in [4.78, 5) is 23.4. The number of ether oxygens (including phenoxy) is 2. The van der Waals surface area contributed by atoms with Crippen molar-refractivity contribution in [2.75, 3.05) is 14.2 Å². The van der Waals surface area contributed by atoms with Gasteiger partial charge in [-0.3, -0.25) is 4.79 Å². The molecule has 0 aliphatic heterocycles. The van der Waals surface area contributed by atoms with Gasteiger partial charge in [0.2, 0.25) is 5.91 Å². The third-order valence-corrected chi connectivity index (χ3v) is 3.67. The number of carboxylic acid groups (broad SMARTS) is 1. The van der Waals surface area contributed by atoms with Crippen molar-refractivity contribution in [1.29, 1.82) is 0 Å². The molecule has 0 bridgehead atoms. The van der Waals surface area contributed by atoms with Gasteiger partial charge in [-0.25, -0.2) is 4.79 Å². The van der Waals surface area contributed by atoms with Gasteiger partial charge in [0.15, 0.2) is 11.5 Å². The molecule has 1 aromatic rings. The van der Waals surface area contributed by atoms with Gasteiger partial charge in [0.1, 0.15) is 6.04 Å². The van der Waals surface area contributed by atoms with Crippen molar-refractivity contribution in [2.45, 2.75) is 33.2 Å². The second-order valence-electron chi connectivity index (χ2n) is 5.86. The fourth-order valence-corrected chi connectivity index (χ4v) is 2.26. The fourth-order valence-electron chi connectivity index (χ4n) is 2.26. The van der Waals surface area contributed by atoms with Crippen molar-refractivity contribution < 1.29 is 24.2 Å². The van der Waals surface area contributed by atoms with Crippen LogP contribution in [0.4, 0.5) is 0 Å². The Balaban J connectivity index is 2.77. The molecule has 0 saturated carbocycles. The Morgan fingerprint density at radius 1 is 1.13 bits per heavy atom. The van der Waals surface area contributed by atoms with Gasteiger partial charge in [0, 0.05) is 5.92 Å². The quantitative estimate of drug-likeness (QED) is 0.765. The van der Waals surface area contributed by atoms with Gasteiger partial charge in [-0.2, -0.15) is 0 Å². The summed E-state index contributed by atoms with van der Waals surface area (Å²) in [6.07, 6.45) is 0.483. The van der Waals surface area contributed by atoms with E-state index in [1.54, 1.807) is 41.1 Å². The summed E-state index contributed by atoms with van der Waals surface area (Å²) in [6.45, 7) is 5.29. The largest absolute Gasteiger partial charge is 0.493 e. The van der Waals surface area contributed by atoms with Crippen molar-refractivity contribution in [3.63, 3.8) is 0 Å². The molecule has 0 saturated heterocycles. The molecular weight excluding hydrogens is 298 g/mol. The Bertz CT molecular complexity index is 556. The van der Waals surface area contributed by atoms with E-state index < -0.39 is 12.0 Å². The summed E-state index contributed by atoms with van der Waals surface area (Å²) in [5.74, 6) is -0.603. The predicted molar refractivity (Wildman–Crippen MR) is 86.8 cm³/mol. The van der Waals surface area contributed by atoms with E-state index in [0.29, 0.717) is 17.9 Å². The monoisotopic (exact) mass is 323 g/mol. The van der Waals surface area contributed by atoms with E-state index in [2.05, 4.69) is 5.32 Å². The SMILES string of the molecule is COc1ccc(CC(C)C(=O)N[C@H](C(=O)O)C(C)C)cc1OC. The van der Waals surface area contributed by atoms with E-state index in [4.69, 9.17) is 14.6 Å². The molecule has 0 aliphatic rings. The van der Waals surface area contributed by atoms with Crippen LogP contribution in [0.25, 0.3) is 0 Å². The Morgan fingerprint density at radius 3 is 2.22 bits per heavy atom. The lowest BCUT2D eigenvalue weighted by Gasteiger charge is -2.20. The minimum absolute atomic E-state index is 0.176. The molecule has 2 atom stereocenters. The molecular formula is C17H25NO5. The number of rotatable bonds is 8. The first kappa shape index (κ1) is 18.8. The van der Waals surface area contributed by atoms with Gasteiger partial charge >= 0.3 is 5.97 Å². The number of carboxylic acids is 1. The Labute approximate surface area is 136 Å². The van der Waals surface area contributed by atoms with E-state index in [1.165, 1.54) is 0 Å². The lowest BCUT2D eigenvalue weighted by molar-refractivity contribution is -0.143. The number of carbonyl (C=O) groups excluding carboxylic acids is 1. The summed E-state index contributed by atoms with van der Waals surface area (Å²) >= 11 is 0. The highest BCUT2D eigenvalue weighted by Gasteiger charge is 2.25.